The Morgan fingerprint density at radius 2 is 1.14 bits per heavy atom. The minimum Gasteiger partial charge on any atom is -0.456 e. The molecule has 0 spiro atoms. The molecule has 0 saturated carbocycles. The van der Waals surface area contributed by atoms with E-state index in [1.807, 2.05) is 36.4 Å². The lowest BCUT2D eigenvalue weighted by molar-refractivity contribution is 0.669. The van der Waals surface area contributed by atoms with Crippen LogP contribution in [0.1, 0.15) is 0 Å². The second-order valence-corrected chi connectivity index (χ2v) is 11.3. The summed E-state index contributed by atoms with van der Waals surface area (Å²) in [6, 6.07) is 48.8. The predicted molar refractivity (Wildman–Crippen MR) is 179 cm³/mol. The van der Waals surface area contributed by atoms with Gasteiger partial charge in [-0.3, -0.25) is 4.57 Å². The average Bonchev–Trinajstić information content (AvgIpc) is 3.60. The molecule has 6 aromatic carbocycles. The molecule has 0 fully saturated rings. The highest BCUT2D eigenvalue weighted by Crippen LogP contribution is 2.50. The number of nitrogens with zero attached hydrogens (tertiary/aromatic N) is 3. The van der Waals surface area contributed by atoms with Gasteiger partial charge in [-0.25, -0.2) is 9.97 Å². The number of fused-ring (bicyclic) bond motifs is 11. The SMILES string of the molecule is c1ccc(-c2nc(-c3cccc4oc5ccccc5c34)c3c(n2)-n2c4ccccc4c4cccc(c42)-c2ccccc2-3)cc1. The van der Waals surface area contributed by atoms with Crippen molar-refractivity contribution in [2.75, 3.05) is 0 Å². The van der Waals surface area contributed by atoms with Crippen molar-refractivity contribution in [3.05, 3.63) is 140 Å². The Bertz CT molecular complexity index is 2610. The molecule has 0 saturated heterocycles. The van der Waals surface area contributed by atoms with Gasteiger partial charge in [0.05, 0.1) is 22.3 Å². The molecule has 9 aromatic rings. The fourth-order valence-electron chi connectivity index (χ4n) is 7.13. The molecule has 204 valence electrons. The van der Waals surface area contributed by atoms with Crippen molar-refractivity contribution in [1.82, 2.24) is 14.5 Å². The summed E-state index contributed by atoms with van der Waals surface area (Å²) in [4.78, 5) is 10.9. The van der Waals surface area contributed by atoms with E-state index in [1.54, 1.807) is 0 Å². The fraction of sp³-hybridized carbons (Fsp3) is 0. The minimum atomic E-state index is 0.687. The molecule has 4 nitrogen and oxygen atoms in total. The number of hydrogen-bond donors (Lipinski definition) is 0. The first-order chi connectivity index (χ1) is 21.8. The zero-order valence-electron chi connectivity index (χ0n) is 23.5. The molecular weight excluding hydrogens is 538 g/mol. The van der Waals surface area contributed by atoms with Crippen LogP contribution in [0.4, 0.5) is 0 Å². The summed E-state index contributed by atoms with van der Waals surface area (Å²) in [5.41, 5.74) is 11.4. The van der Waals surface area contributed by atoms with Crippen LogP contribution in [-0.4, -0.2) is 14.5 Å². The summed E-state index contributed by atoms with van der Waals surface area (Å²) >= 11 is 0. The van der Waals surface area contributed by atoms with Gasteiger partial charge in [-0.1, -0.05) is 121 Å². The van der Waals surface area contributed by atoms with E-state index in [0.29, 0.717) is 5.82 Å². The lowest BCUT2D eigenvalue weighted by Gasteiger charge is -2.18. The van der Waals surface area contributed by atoms with Crippen LogP contribution in [0.25, 0.3) is 94.5 Å². The molecule has 4 heterocycles. The molecule has 44 heavy (non-hydrogen) atoms. The van der Waals surface area contributed by atoms with Gasteiger partial charge < -0.3 is 4.42 Å². The molecule has 0 aliphatic carbocycles. The van der Waals surface area contributed by atoms with Gasteiger partial charge in [0.25, 0.3) is 0 Å². The number of benzene rings is 6. The highest BCUT2D eigenvalue weighted by Gasteiger charge is 2.30. The third-order valence-corrected chi connectivity index (χ3v) is 8.97. The zero-order chi connectivity index (χ0) is 28.8. The molecule has 0 radical (unpaired) electrons. The molecule has 0 N–H and O–H groups in total. The monoisotopic (exact) mass is 561 g/mol. The van der Waals surface area contributed by atoms with E-state index in [0.717, 1.165) is 66.7 Å². The van der Waals surface area contributed by atoms with E-state index in [2.05, 4.69) is 108 Å². The maximum absolute atomic E-state index is 6.36. The van der Waals surface area contributed by atoms with E-state index < -0.39 is 0 Å². The van der Waals surface area contributed by atoms with Crippen LogP contribution in [0.3, 0.4) is 0 Å². The number of para-hydroxylation sites is 3. The van der Waals surface area contributed by atoms with Crippen molar-refractivity contribution >= 4 is 43.7 Å². The molecular formula is C40H23N3O. The van der Waals surface area contributed by atoms with Gasteiger partial charge >= 0.3 is 0 Å². The number of aromatic nitrogens is 3. The van der Waals surface area contributed by atoms with Gasteiger partial charge in [-0.05, 0) is 29.3 Å². The largest absolute Gasteiger partial charge is 0.456 e. The number of rotatable bonds is 2. The summed E-state index contributed by atoms with van der Waals surface area (Å²) in [7, 11) is 0. The predicted octanol–water partition coefficient (Wildman–Crippen LogP) is 10.5. The lowest BCUT2D eigenvalue weighted by Crippen LogP contribution is -2.05. The topological polar surface area (TPSA) is 43.9 Å². The second-order valence-electron chi connectivity index (χ2n) is 11.3. The van der Waals surface area contributed by atoms with Crippen LogP contribution < -0.4 is 0 Å². The Balaban J connectivity index is 1.46. The van der Waals surface area contributed by atoms with Gasteiger partial charge in [0.1, 0.15) is 17.0 Å². The Labute approximate surface area is 252 Å². The van der Waals surface area contributed by atoms with Crippen molar-refractivity contribution in [3.63, 3.8) is 0 Å². The summed E-state index contributed by atoms with van der Waals surface area (Å²) in [5, 5.41) is 4.56. The van der Waals surface area contributed by atoms with E-state index in [1.165, 1.54) is 21.9 Å². The Hall–Kier alpha value is -6.00. The molecule has 4 heteroatoms. The van der Waals surface area contributed by atoms with Crippen molar-refractivity contribution in [2.45, 2.75) is 0 Å². The standard InChI is InChI=1S/C40H23N3O/c1-2-12-24(13-3-1)39-41-37(31-20-11-23-34-35(31)30-17-7-9-22-33(30)44-34)36-27-16-5-4-14-25(27)28-18-10-19-29-26-15-6-8-21-32(26)43(38(28)29)40(36)42-39/h1-23H. The van der Waals surface area contributed by atoms with Crippen molar-refractivity contribution in [2.24, 2.45) is 0 Å². The van der Waals surface area contributed by atoms with E-state index in [4.69, 9.17) is 14.4 Å². The smallest absolute Gasteiger partial charge is 0.162 e. The van der Waals surface area contributed by atoms with Gasteiger partial charge in [0, 0.05) is 38.2 Å². The highest BCUT2D eigenvalue weighted by molar-refractivity contribution is 6.18. The van der Waals surface area contributed by atoms with Crippen LogP contribution in [-0.2, 0) is 0 Å². The number of furan rings is 1. The van der Waals surface area contributed by atoms with Gasteiger partial charge in [0.2, 0.25) is 0 Å². The summed E-state index contributed by atoms with van der Waals surface area (Å²) in [6.07, 6.45) is 0. The van der Waals surface area contributed by atoms with Crippen LogP contribution in [0.5, 0.6) is 0 Å². The van der Waals surface area contributed by atoms with Crippen LogP contribution in [0.2, 0.25) is 0 Å². The Morgan fingerprint density at radius 1 is 0.477 bits per heavy atom. The molecule has 0 unspecified atom stereocenters. The lowest BCUT2D eigenvalue weighted by atomic mass is 9.91. The summed E-state index contributed by atoms with van der Waals surface area (Å²) in [6.45, 7) is 0. The van der Waals surface area contributed by atoms with Gasteiger partial charge in [-0.2, -0.15) is 0 Å². The minimum absolute atomic E-state index is 0.687. The Kier molecular flexibility index (Phi) is 4.69. The van der Waals surface area contributed by atoms with Gasteiger partial charge in [-0.15, -0.1) is 0 Å². The normalized spacial score (nSPS) is 12.1. The first-order valence-electron chi connectivity index (χ1n) is 14.9. The second kappa shape index (κ2) is 8.76. The fourth-order valence-corrected chi connectivity index (χ4v) is 7.13. The molecule has 10 rings (SSSR count). The average molecular weight is 562 g/mol. The molecule has 1 aliphatic rings. The molecule has 0 bridgehead atoms. The quantitative estimate of drug-likeness (QED) is 0.211. The highest BCUT2D eigenvalue weighted by atomic mass is 16.3. The van der Waals surface area contributed by atoms with Crippen molar-refractivity contribution in [3.8, 4) is 50.7 Å². The van der Waals surface area contributed by atoms with E-state index in [9.17, 15) is 0 Å². The summed E-state index contributed by atoms with van der Waals surface area (Å²) < 4.78 is 8.72. The maximum atomic E-state index is 6.36. The molecule has 0 amide bonds. The third-order valence-electron chi connectivity index (χ3n) is 8.97. The molecule has 0 atom stereocenters. The van der Waals surface area contributed by atoms with Crippen LogP contribution >= 0.6 is 0 Å². The Morgan fingerprint density at radius 3 is 2.05 bits per heavy atom. The first kappa shape index (κ1) is 23.6. The van der Waals surface area contributed by atoms with E-state index in [-0.39, 0.29) is 0 Å². The third kappa shape index (κ3) is 3.11. The van der Waals surface area contributed by atoms with Crippen LogP contribution in [0.15, 0.2) is 144 Å². The van der Waals surface area contributed by atoms with E-state index >= 15 is 0 Å². The van der Waals surface area contributed by atoms with Crippen molar-refractivity contribution in [1.29, 1.82) is 0 Å². The number of hydrogen-bond acceptors (Lipinski definition) is 3. The first-order valence-corrected chi connectivity index (χ1v) is 14.9. The summed E-state index contributed by atoms with van der Waals surface area (Å²) in [5.74, 6) is 1.56. The van der Waals surface area contributed by atoms with Gasteiger partial charge in [0.15, 0.2) is 5.82 Å². The zero-order valence-corrected chi connectivity index (χ0v) is 23.5. The molecule has 3 aromatic heterocycles. The maximum Gasteiger partial charge on any atom is 0.162 e. The molecule has 1 aliphatic heterocycles. The van der Waals surface area contributed by atoms with Crippen molar-refractivity contribution < 1.29 is 4.42 Å². The van der Waals surface area contributed by atoms with Crippen LogP contribution in [0, 0.1) is 0 Å².